The summed E-state index contributed by atoms with van der Waals surface area (Å²) in [5, 5.41) is 0. The number of rotatable bonds is 4. The highest BCUT2D eigenvalue weighted by molar-refractivity contribution is 5.58. The van der Waals surface area contributed by atoms with Gasteiger partial charge in [0.15, 0.2) is 5.82 Å². The van der Waals surface area contributed by atoms with Crippen molar-refractivity contribution in [2.45, 2.75) is 25.8 Å². The first-order valence-electron chi connectivity index (χ1n) is 8.91. The highest BCUT2D eigenvalue weighted by Crippen LogP contribution is 2.36. The maximum Gasteiger partial charge on any atom is 0.161 e. The second-order valence-electron chi connectivity index (χ2n) is 6.55. The number of aryl methyl sites for hydroxylation is 1. The van der Waals surface area contributed by atoms with Gasteiger partial charge in [-0.15, -0.1) is 0 Å². The molecule has 1 fully saturated rings. The molecule has 0 bridgehead atoms. The molecule has 5 heteroatoms. The fourth-order valence-electron chi connectivity index (χ4n) is 3.54. The maximum absolute atomic E-state index is 5.28. The minimum absolute atomic E-state index is 0.334. The molecule has 0 amide bonds. The summed E-state index contributed by atoms with van der Waals surface area (Å²) in [6.07, 6.45) is 5.83. The molecule has 1 aromatic carbocycles. The Morgan fingerprint density at radius 3 is 2.54 bits per heavy atom. The number of pyridine rings is 1. The van der Waals surface area contributed by atoms with Gasteiger partial charge in [0.25, 0.3) is 0 Å². The standard InChI is InChI=1S/C21H22N4O/c1-15-14-20(24-21(23-15)17-9-11-22-12-10-17)25-13-3-4-19(25)16-5-7-18(26-2)8-6-16/h5-12,14,19H,3-4,13H2,1-2H3. The van der Waals surface area contributed by atoms with E-state index in [4.69, 9.17) is 9.72 Å². The molecule has 4 rings (SSSR count). The average Bonchev–Trinajstić information content (AvgIpc) is 3.18. The van der Waals surface area contributed by atoms with E-state index in [0.717, 1.165) is 48.0 Å². The van der Waals surface area contributed by atoms with E-state index in [1.165, 1.54) is 5.56 Å². The van der Waals surface area contributed by atoms with Crippen LogP contribution in [0.4, 0.5) is 5.82 Å². The molecule has 3 aromatic rings. The Balaban J connectivity index is 1.68. The molecule has 132 valence electrons. The lowest BCUT2D eigenvalue weighted by Gasteiger charge is -2.27. The van der Waals surface area contributed by atoms with Crippen LogP contribution >= 0.6 is 0 Å². The van der Waals surface area contributed by atoms with Crippen molar-refractivity contribution in [3.05, 3.63) is 66.1 Å². The molecule has 1 atom stereocenters. The minimum atomic E-state index is 0.334. The molecule has 1 unspecified atom stereocenters. The Kier molecular flexibility index (Phi) is 4.52. The molecule has 3 heterocycles. The highest BCUT2D eigenvalue weighted by atomic mass is 16.5. The van der Waals surface area contributed by atoms with Gasteiger partial charge < -0.3 is 9.64 Å². The van der Waals surface area contributed by atoms with E-state index in [-0.39, 0.29) is 0 Å². The van der Waals surface area contributed by atoms with Crippen molar-refractivity contribution in [1.82, 2.24) is 15.0 Å². The van der Waals surface area contributed by atoms with Crippen LogP contribution in [-0.4, -0.2) is 28.6 Å². The van der Waals surface area contributed by atoms with Crippen LogP contribution in [0.15, 0.2) is 54.9 Å². The first-order valence-corrected chi connectivity index (χ1v) is 8.91. The number of anilines is 1. The van der Waals surface area contributed by atoms with Gasteiger partial charge in [-0.05, 0) is 49.6 Å². The van der Waals surface area contributed by atoms with Gasteiger partial charge in [0, 0.05) is 36.3 Å². The third-order valence-electron chi connectivity index (χ3n) is 4.83. The highest BCUT2D eigenvalue weighted by Gasteiger charge is 2.27. The zero-order valence-corrected chi connectivity index (χ0v) is 15.1. The zero-order valence-electron chi connectivity index (χ0n) is 15.1. The first kappa shape index (κ1) is 16.5. The Morgan fingerprint density at radius 2 is 1.81 bits per heavy atom. The van der Waals surface area contributed by atoms with E-state index < -0.39 is 0 Å². The lowest BCUT2D eigenvalue weighted by atomic mass is 10.0. The minimum Gasteiger partial charge on any atom is -0.497 e. The Bertz CT molecular complexity index is 880. The van der Waals surface area contributed by atoms with Gasteiger partial charge in [-0.1, -0.05) is 12.1 Å². The summed E-state index contributed by atoms with van der Waals surface area (Å²) >= 11 is 0. The lowest BCUT2D eigenvalue weighted by molar-refractivity contribution is 0.414. The quantitative estimate of drug-likeness (QED) is 0.709. The summed E-state index contributed by atoms with van der Waals surface area (Å²) in [7, 11) is 1.70. The fraction of sp³-hybridized carbons (Fsp3) is 0.286. The summed E-state index contributed by atoms with van der Waals surface area (Å²) in [6, 6.07) is 14.7. The molecule has 5 nitrogen and oxygen atoms in total. The third kappa shape index (κ3) is 3.25. The Hall–Kier alpha value is -2.95. The van der Waals surface area contributed by atoms with E-state index in [9.17, 15) is 0 Å². The second-order valence-corrected chi connectivity index (χ2v) is 6.55. The molecule has 1 aliphatic heterocycles. The number of hydrogen-bond acceptors (Lipinski definition) is 5. The van der Waals surface area contributed by atoms with E-state index in [0.29, 0.717) is 6.04 Å². The average molecular weight is 346 g/mol. The number of ether oxygens (including phenoxy) is 1. The van der Waals surface area contributed by atoms with Gasteiger partial charge in [-0.2, -0.15) is 0 Å². The van der Waals surface area contributed by atoms with Crippen molar-refractivity contribution >= 4 is 5.82 Å². The van der Waals surface area contributed by atoms with Gasteiger partial charge in [0.05, 0.1) is 13.2 Å². The molecule has 1 aliphatic rings. The zero-order chi connectivity index (χ0) is 17.9. The molecular formula is C21H22N4O. The van der Waals surface area contributed by atoms with Crippen LogP contribution in [0.5, 0.6) is 5.75 Å². The number of methoxy groups -OCH3 is 1. The predicted molar refractivity (Wildman–Crippen MR) is 102 cm³/mol. The van der Waals surface area contributed by atoms with Gasteiger partial charge >= 0.3 is 0 Å². The van der Waals surface area contributed by atoms with Crippen molar-refractivity contribution in [2.75, 3.05) is 18.6 Å². The van der Waals surface area contributed by atoms with Crippen LogP contribution in [0.3, 0.4) is 0 Å². The van der Waals surface area contributed by atoms with Crippen molar-refractivity contribution < 1.29 is 4.74 Å². The third-order valence-corrected chi connectivity index (χ3v) is 4.83. The predicted octanol–water partition coefficient (Wildman–Crippen LogP) is 4.20. The second kappa shape index (κ2) is 7.12. The molecule has 26 heavy (non-hydrogen) atoms. The summed E-state index contributed by atoms with van der Waals surface area (Å²) in [4.78, 5) is 15.9. The van der Waals surface area contributed by atoms with Crippen molar-refractivity contribution in [3.8, 4) is 17.1 Å². The summed E-state index contributed by atoms with van der Waals surface area (Å²) in [6.45, 7) is 3.03. The van der Waals surface area contributed by atoms with Crippen LogP contribution in [-0.2, 0) is 0 Å². The summed E-state index contributed by atoms with van der Waals surface area (Å²) in [5.41, 5.74) is 3.26. The van der Waals surface area contributed by atoms with E-state index >= 15 is 0 Å². The van der Waals surface area contributed by atoms with Crippen LogP contribution < -0.4 is 9.64 Å². The van der Waals surface area contributed by atoms with Gasteiger partial charge in [0.1, 0.15) is 11.6 Å². The van der Waals surface area contributed by atoms with Crippen LogP contribution in [0, 0.1) is 6.92 Å². The van der Waals surface area contributed by atoms with E-state index in [2.05, 4.69) is 33.1 Å². The number of benzene rings is 1. The number of nitrogens with zero attached hydrogens (tertiary/aromatic N) is 4. The molecule has 0 saturated carbocycles. The topological polar surface area (TPSA) is 51.1 Å². The van der Waals surface area contributed by atoms with Crippen LogP contribution in [0.1, 0.15) is 30.1 Å². The first-order chi connectivity index (χ1) is 12.7. The van der Waals surface area contributed by atoms with Gasteiger partial charge in [-0.25, -0.2) is 9.97 Å². The van der Waals surface area contributed by atoms with Crippen molar-refractivity contribution in [2.24, 2.45) is 0 Å². The van der Waals surface area contributed by atoms with Crippen molar-refractivity contribution in [1.29, 1.82) is 0 Å². The molecule has 0 radical (unpaired) electrons. The number of hydrogen-bond donors (Lipinski definition) is 0. The summed E-state index contributed by atoms with van der Waals surface area (Å²) in [5.74, 6) is 2.63. The molecule has 1 saturated heterocycles. The van der Waals surface area contributed by atoms with Crippen LogP contribution in [0.2, 0.25) is 0 Å². The normalized spacial score (nSPS) is 16.7. The molecule has 0 aliphatic carbocycles. The lowest BCUT2D eigenvalue weighted by Crippen LogP contribution is -2.24. The van der Waals surface area contributed by atoms with Crippen molar-refractivity contribution in [3.63, 3.8) is 0 Å². The van der Waals surface area contributed by atoms with Crippen LogP contribution in [0.25, 0.3) is 11.4 Å². The SMILES string of the molecule is COc1ccc(C2CCCN2c2cc(C)nc(-c3ccncc3)n2)cc1. The summed E-state index contributed by atoms with van der Waals surface area (Å²) < 4.78 is 5.28. The van der Waals surface area contributed by atoms with Gasteiger partial charge in [-0.3, -0.25) is 4.98 Å². The number of aromatic nitrogens is 3. The van der Waals surface area contributed by atoms with E-state index in [1.54, 1.807) is 19.5 Å². The Morgan fingerprint density at radius 1 is 1.04 bits per heavy atom. The fourth-order valence-corrected chi connectivity index (χ4v) is 3.54. The van der Waals surface area contributed by atoms with E-state index in [1.807, 2.05) is 31.2 Å². The molecule has 2 aromatic heterocycles. The van der Waals surface area contributed by atoms with Gasteiger partial charge in [0.2, 0.25) is 0 Å². The molecule has 0 N–H and O–H groups in total. The smallest absolute Gasteiger partial charge is 0.161 e. The molecule has 0 spiro atoms. The molecular weight excluding hydrogens is 324 g/mol. The Labute approximate surface area is 153 Å². The monoisotopic (exact) mass is 346 g/mol. The largest absolute Gasteiger partial charge is 0.497 e. The maximum atomic E-state index is 5.28.